The summed E-state index contributed by atoms with van der Waals surface area (Å²) < 4.78 is 28.9. The Morgan fingerprint density at radius 1 is 0.909 bits per heavy atom. The van der Waals surface area contributed by atoms with Crippen molar-refractivity contribution < 1.29 is 8.78 Å². The van der Waals surface area contributed by atoms with Gasteiger partial charge in [0.25, 0.3) is 0 Å². The second kappa shape index (κ2) is 8.57. The molecule has 1 fully saturated rings. The highest BCUT2D eigenvalue weighted by Gasteiger charge is 2.21. The third-order valence-corrected chi connectivity index (χ3v) is 6.03. The van der Waals surface area contributed by atoms with Crippen molar-refractivity contribution in [3.05, 3.63) is 83.7 Å². The van der Waals surface area contributed by atoms with Crippen LogP contribution in [0, 0.1) is 18.2 Å². The van der Waals surface area contributed by atoms with Crippen LogP contribution in [-0.4, -0.2) is 29.1 Å². The zero-order valence-corrected chi connectivity index (χ0v) is 17.8. The van der Waals surface area contributed by atoms with Crippen LogP contribution in [0.4, 0.5) is 20.4 Å². The first-order valence-electron chi connectivity index (χ1n) is 10.8. The molecule has 0 radical (unpaired) electrons. The van der Waals surface area contributed by atoms with Crippen LogP contribution in [0.3, 0.4) is 0 Å². The first-order chi connectivity index (χ1) is 16.0. The number of piperidine rings is 1. The van der Waals surface area contributed by atoms with Crippen molar-refractivity contribution in [2.75, 3.05) is 18.0 Å². The Hall–Kier alpha value is -3.89. The molecule has 0 bridgehead atoms. The van der Waals surface area contributed by atoms with Crippen LogP contribution in [0.2, 0.25) is 0 Å². The number of benzene rings is 3. The number of aromatic nitrogens is 2. The lowest BCUT2D eigenvalue weighted by Gasteiger charge is -2.30. The molecule has 0 amide bonds. The Morgan fingerprint density at radius 2 is 1.67 bits per heavy atom. The molecule has 7 heteroatoms. The average molecular weight is 441 g/mol. The van der Waals surface area contributed by atoms with E-state index in [1.54, 1.807) is 24.3 Å². The maximum atomic E-state index is 14.5. The molecule has 5 rings (SSSR count). The molecule has 1 saturated heterocycles. The van der Waals surface area contributed by atoms with Gasteiger partial charge in [0.2, 0.25) is 11.6 Å². The average Bonchev–Trinajstić information content (AvgIpc) is 2.84. The largest absolute Gasteiger partial charge is 0.341 e. The first kappa shape index (κ1) is 21.0. The van der Waals surface area contributed by atoms with Crippen molar-refractivity contribution in [2.24, 2.45) is 5.73 Å². The fourth-order valence-corrected chi connectivity index (χ4v) is 4.18. The van der Waals surface area contributed by atoms with Crippen LogP contribution in [-0.2, 0) is 0 Å². The molecular weight excluding hydrogens is 420 g/mol. The number of anilines is 1. The molecule has 4 aromatic rings. The second-order valence-electron chi connectivity index (χ2n) is 8.19. The normalized spacial score (nSPS) is 14.4. The minimum Gasteiger partial charge on any atom is -0.341 e. The molecule has 1 aliphatic rings. The SMILES string of the molecule is [C-]#[N+]c1ccc(-c2nc(N3CCC(N)CC3)nc3ccc(-c4ccccc4F)cc23)cc1F. The Balaban J connectivity index is 1.70. The van der Waals surface area contributed by atoms with Gasteiger partial charge in [-0.1, -0.05) is 36.4 Å². The Morgan fingerprint density at radius 3 is 2.39 bits per heavy atom. The van der Waals surface area contributed by atoms with Crippen LogP contribution in [0.1, 0.15) is 12.8 Å². The molecule has 1 aliphatic heterocycles. The Bertz CT molecular complexity index is 1390. The second-order valence-corrected chi connectivity index (χ2v) is 8.19. The van der Waals surface area contributed by atoms with E-state index in [-0.39, 0.29) is 17.5 Å². The fourth-order valence-electron chi connectivity index (χ4n) is 4.18. The van der Waals surface area contributed by atoms with Gasteiger partial charge in [0, 0.05) is 35.6 Å². The van der Waals surface area contributed by atoms with E-state index in [4.69, 9.17) is 22.3 Å². The van der Waals surface area contributed by atoms with E-state index >= 15 is 0 Å². The predicted molar refractivity (Wildman–Crippen MR) is 126 cm³/mol. The van der Waals surface area contributed by atoms with Crippen molar-refractivity contribution in [3.8, 4) is 22.4 Å². The van der Waals surface area contributed by atoms with Crippen LogP contribution in [0.15, 0.2) is 60.7 Å². The molecule has 0 unspecified atom stereocenters. The first-order valence-corrected chi connectivity index (χ1v) is 10.8. The molecule has 33 heavy (non-hydrogen) atoms. The lowest BCUT2D eigenvalue weighted by molar-refractivity contribution is 0.496. The summed E-state index contributed by atoms with van der Waals surface area (Å²) in [6.07, 6.45) is 1.69. The summed E-state index contributed by atoms with van der Waals surface area (Å²) in [5, 5.41) is 0.683. The molecule has 5 nitrogen and oxygen atoms in total. The summed E-state index contributed by atoms with van der Waals surface area (Å²) in [4.78, 5) is 14.9. The van der Waals surface area contributed by atoms with Crippen LogP contribution < -0.4 is 10.6 Å². The van der Waals surface area contributed by atoms with E-state index in [1.165, 1.54) is 18.2 Å². The summed E-state index contributed by atoms with van der Waals surface area (Å²) in [5.41, 5.74) is 8.91. The van der Waals surface area contributed by atoms with Gasteiger partial charge < -0.3 is 10.6 Å². The highest BCUT2D eigenvalue weighted by atomic mass is 19.1. The van der Waals surface area contributed by atoms with Gasteiger partial charge in [-0.05, 0) is 42.7 Å². The smallest absolute Gasteiger partial charge is 0.226 e. The maximum absolute atomic E-state index is 14.5. The van der Waals surface area contributed by atoms with Gasteiger partial charge in [-0.3, -0.25) is 0 Å². The standard InChI is InChI=1S/C26H21F2N5/c1-30-24-9-7-17(15-22(24)28)25-20-14-16(19-4-2-3-5-21(19)27)6-8-23(20)31-26(32-25)33-12-10-18(29)11-13-33/h2-9,14-15,18H,10-13,29H2. The molecule has 3 aromatic carbocycles. The van der Waals surface area contributed by atoms with Gasteiger partial charge in [0.1, 0.15) is 11.6 Å². The minimum absolute atomic E-state index is 0.0469. The molecule has 0 aliphatic carbocycles. The van der Waals surface area contributed by atoms with Crippen molar-refractivity contribution in [1.82, 2.24) is 9.97 Å². The van der Waals surface area contributed by atoms with Crippen LogP contribution in [0.25, 0.3) is 38.1 Å². The monoisotopic (exact) mass is 441 g/mol. The summed E-state index contributed by atoms with van der Waals surface area (Å²) in [6, 6.07) is 16.7. The van der Waals surface area contributed by atoms with Gasteiger partial charge in [-0.25, -0.2) is 23.6 Å². The highest BCUT2D eigenvalue weighted by molar-refractivity contribution is 5.96. The zero-order chi connectivity index (χ0) is 22.9. The number of rotatable bonds is 3. The molecule has 2 heterocycles. The molecule has 164 valence electrons. The fraction of sp³-hybridized carbons (Fsp3) is 0.192. The highest BCUT2D eigenvalue weighted by Crippen LogP contribution is 2.34. The molecule has 0 spiro atoms. The van der Waals surface area contributed by atoms with Gasteiger partial charge in [-0.15, -0.1) is 0 Å². The summed E-state index contributed by atoms with van der Waals surface area (Å²) in [6.45, 7) is 8.61. The maximum Gasteiger partial charge on any atom is 0.226 e. The summed E-state index contributed by atoms with van der Waals surface area (Å²) in [5.74, 6) is -0.379. The molecule has 2 N–H and O–H groups in total. The Kier molecular flexibility index (Phi) is 5.45. The lowest BCUT2D eigenvalue weighted by atomic mass is 9.99. The van der Waals surface area contributed by atoms with Gasteiger partial charge in [0.15, 0.2) is 0 Å². The Labute approximate surface area is 190 Å². The number of halogens is 2. The van der Waals surface area contributed by atoms with E-state index in [0.29, 0.717) is 39.2 Å². The van der Waals surface area contributed by atoms with E-state index in [0.717, 1.165) is 25.9 Å². The number of nitrogens with two attached hydrogens (primary N) is 1. The van der Waals surface area contributed by atoms with E-state index < -0.39 is 5.82 Å². The topological polar surface area (TPSA) is 59.4 Å². The number of hydrogen-bond acceptors (Lipinski definition) is 4. The molecule has 1 aromatic heterocycles. The molecule has 0 saturated carbocycles. The number of hydrogen-bond donors (Lipinski definition) is 1. The van der Waals surface area contributed by atoms with Crippen molar-refractivity contribution in [2.45, 2.75) is 18.9 Å². The van der Waals surface area contributed by atoms with Gasteiger partial charge in [0.05, 0.1) is 17.8 Å². The van der Waals surface area contributed by atoms with Gasteiger partial charge >= 0.3 is 0 Å². The summed E-state index contributed by atoms with van der Waals surface area (Å²) in [7, 11) is 0. The quantitative estimate of drug-likeness (QED) is 0.413. The molecular formula is C26H21F2N5. The van der Waals surface area contributed by atoms with Crippen molar-refractivity contribution in [3.63, 3.8) is 0 Å². The number of nitrogens with zero attached hydrogens (tertiary/aromatic N) is 4. The van der Waals surface area contributed by atoms with E-state index in [9.17, 15) is 8.78 Å². The van der Waals surface area contributed by atoms with E-state index in [1.807, 2.05) is 18.2 Å². The third-order valence-electron chi connectivity index (χ3n) is 6.03. The molecule has 0 atom stereocenters. The minimum atomic E-state index is -0.606. The lowest BCUT2D eigenvalue weighted by Crippen LogP contribution is -2.40. The van der Waals surface area contributed by atoms with Crippen molar-refractivity contribution >= 4 is 22.5 Å². The summed E-state index contributed by atoms with van der Waals surface area (Å²) >= 11 is 0. The zero-order valence-electron chi connectivity index (χ0n) is 17.8. The van der Waals surface area contributed by atoms with Crippen LogP contribution >= 0.6 is 0 Å². The van der Waals surface area contributed by atoms with Crippen LogP contribution in [0.5, 0.6) is 0 Å². The van der Waals surface area contributed by atoms with Crippen molar-refractivity contribution in [1.29, 1.82) is 0 Å². The number of fused-ring (bicyclic) bond motifs is 1. The predicted octanol–water partition coefficient (Wildman–Crippen LogP) is 5.72. The van der Waals surface area contributed by atoms with E-state index in [2.05, 4.69) is 9.74 Å². The third kappa shape index (κ3) is 4.01. The van der Waals surface area contributed by atoms with Gasteiger partial charge in [-0.2, -0.15) is 0 Å².